The van der Waals surface area contributed by atoms with Crippen LogP contribution in [0.15, 0.2) is 51.7 Å². The number of halogens is 2. The quantitative estimate of drug-likeness (QED) is 0.495. The van der Waals surface area contributed by atoms with Crippen molar-refractivity contribution < 1.29 is 18.7 Å². The van der Waals surface area contributed by atoms with E-state index in [-0.39, 0.29) is 17.2 Å². The number of benzene rings is 2. The Balaban J connectivity index is 1.86. The second-order valence-electron chi connectivity index (χ2n) is 5.16. The number of hydrogen-bond donors (Lipinski definition) is 0. The van der Waals surface area contributed by atoms with Crippen LogP contribution in [0.5, 0.6) is 5.75 Å². The number of ether oxygens (including phenoxy) is 2. The van der Waals surface area contributed by atoms with Crippen molar-refractivity contribution in [2.24, 2.45) is 0 Å². The minimum Gasteiger partial charge on any atom is -0.497 e. The van der Waals surface area contributed by atoms with Crippen molar-refractivity contribution in [3.05, 3.63) is 74.1 Å². The van der Waals surface area contributed by atoms with Crippen LogP contribution in [0, 0.1) is 0 Å². The van der Waals surface area contributed by atoms with Crippen molar-refractivity contribution in [3.63, 3.8) is 0 Å². The van der Waals surface area contributed by atoms with Crippen LogP contribution in [0.1, 0.15) is 15.9 Å². The monoisotopic (exact) mass is 378 g/mol. The van der Waals surface area contributed by atoms with Gasteiger partial charge in [0.2, 0.25) is 0 Å². The summed E-state index contributed by atoms with van der Waals surface area (Å²) in [6.07, 6.45) is 0. The molecule has 3 rings (SSSR count). The minimum atomic E-state index is -0.575. The van der Waals surface area contributed by atoms with Crippen LogP contribution in [0.2, 0.25) is 10.0 Å². The van der Waals surface area contributed by atoms with E-state index in [2.05, 4.69) is 0 Å². The molecule has 0 saturated carbocycles. The van der Waals surface area contributed by atoms with Gasteiger partial charge >= 0.3 is 11.6 Å². The fourth-order valence-electron chi connectivity index (χ4n) is 2.31. The van der Waals surface area contributed by atoms with E-state index in [1.165, 1.54) is 31.4 Å². The van der Waals surface area contributed by atoms with Gasteiger partial charge in [-0.25, -0.2) is 9.59 Å². The average molecular weight is 379 g/mol. The molecule has 25 heavy (non-hydrogen) atoms. The largest absolute Gasteiger partial charge is 0.497 e. The van der Waals surface area contributed by atoms with Gasteiger partial charge in [-0.1, -0.05) is 23.2 Å². The summed E-state index contributed by atoms with van der Waals surface area (Å²) in [5.41, 5.74) is 0.611. The Bertz CT molecular complexity index is 1010. The summed E-state index contributed by atoms with van der Waals surface area (Å²) in [5.74, 6) is -0.0194. The number of esters is 1. The molecule has 0 aliphatic heterocycles. The van der Waals surface area contributed by atoms with Gasteiger partial charge in [0.25, 0.3) is 0 Å². The molecule has 5 nitrogen and oxygen atoms in total. The highest BCUT2D eigenvalue weighted by Gasteiger charge is 2.12. The van der Waals surface area contributed by atoms with E-state index in [1.54, 1.807) is 18.2 Å². The molecular weight excluding hydrogens is 367 g/mol. The molecule has 0 N–H and O–H groups in total. The predicted octanol–water partition coefficient (Wildman–Crippen LogP) is 4.47. The van der Waals surface area contributed by atoms with Crippen LogP contribution in [-0.2, 0) is 11.3 Å². The first kappa shape index (κ1) is 17.3. The zero-order valence-corrected chi connectivity index (χ0v) is 14.6. The van der Waals surface area contributed by atoms with Gasteiger partial charge in [0, 0.05) is 23.1 Å². The molecule has 128 valence electrons. The van der Waals surface area contributed by atoms with Crippen LogP contribution in [0.4, 0.5) is 0 Å². The van der Waals surface area contributed by atoms with Gasteiger partial charge in [-0.15, -0.1) is 0 Å². The van der Waals surface area contributed by atoms with Gasteiger partial charge in [-0.2, -0.15) is 0 Å². The first-order valence-electron chi connectivity index (χ1n) is 7.21. The highest BCUT2D eigenvalue weighted by atomic mass is 35.5. The lowest BCUT2D eigenvalue weighted by Crippen LogP contribution is -2.08. The van der Waals surface area contributed by atoms with Gasteiger partial charge in [0.15, 0.2) is 0 Å². The summed E-state index contributed by atoms with van der Waals surface area (Å²) < 4.78 is 15.5. The van der Waals surface area contributed by atoms with Gasteiger partial charge in [-0.3, -0.25) is 0 Å². The second-order valence-corrected chi connectivity index (χ2v) is 5.97. The normalized spacial score (nSPS) is 10.7. The summed E-state index contributed by atoms with van der Waals surface area (Å²) in [6, 6.07) is 10.8. The maximum absolute atomic E-state index is 12.2. The Morgan fingerprint density at radius 2 is 1.88 bits per heavy atom. The Kier molecular flexibility index (Phi) is 4.97. The predicted molar refractivity (Wildman–Crippen MR) is 94.6 cm³/mol. The number of rotatable bonds is 4. The molecule has 2 aromatic carbocycles. The van der Waals surface area contributed by atoms with Gasteiger partial charge in [0.1, 0.15) is 17.9 Å². The summed E-state index contributed by atoms with van der Waals surface area (Å²) in [6.45, 7) is -0.0898. The van der Waals surface area contributed by atoms with Crippen LogP contribution in [0.25, 0.3) is 11.0 Å². The van der Waals surface area contributed by atoms with E-state index in [0.717, 1.165) is 0 Å². The van der Waals surface area contributed by atoms with E-state index in [4.69, 9.17) is 37.1 Å². The van der Waals surface area contributed by atoms with E-state index >= 15 is 0 Å². The average Bonchev–Trinajstić information content (AvgIpc) is 2.60. The summed E-state index contributed by atoms with van der Waals surface area (Å²) in [5, 5.41) is 1.26. The molecule has 1 heterocycles. The fraction of sp³-hybridized carbons (Fsp3) is 0.111. The molecule has 0 radical (unpaired) electrons. The van der Waals surface area contributed by atoms with E-state index in [1.807, 2.05) is 0 Å². The molecule has 0 spiro atoms. The van der Waals surface area contributed by atoms with Gasteiger partial charge < -0.3 is 13.9 Å². The van der Waals surface area contributed by atoms with E-state index in [9.17, 15) is 9.59 Å². The molecular formula is C18H12Cl2O5. The molecule has 3 aromatic rings. The van der Waals surface area contributed by atoms with Gasteiger partial charge in [-0.05, 0) is 30.3 Å². The molecule has 1 aromatic heterocycles. The standard InChI is InChI=1S/C18H12Cl2O5/c1-23-12-3-4-13-11(7-17(21)25-16(13)8-12)9-24-18(22)10-2-5-14(19)15(20)6-10/h2-8H,9H2,1H3. The number of hydrogen-bond acceptors (Lipinski definition) is 5. The minimum absolute atomic E-state index is 0.0898. The topological polar surface area (TPSA) is 65.7 Å². The summed E-state index contributed by atoms with van der Waals surface area (Å²) in [7, 11) is 1.52. The Labute approximate surface area is 152 Å². The van der Waals surface area contributed by atoms with Crippen LogP contribution < -0.4 is 10.4 Å². The summed E-state index contributed by atoms with van der Waals surface area (Å²) >= 11 is 11.7. The Morgan fingerprint density at radius 3 is 2.60 bits per heavy atom. The Hall–Kier alpha value is -2.50. The number of carbonyl (C=O) groups excluding carboxylic acids is 1. The van der Waals surface area contributed by atoms with Crippen molar-refractivity contribution in [2.45, 2.75) is 6.61 Å². The maximum atomic E-state index is 12.2. The fourth-order valence-corrected chi connectivity index (χ4v) is 2.60. The van der Waals surface area contributed by atoms with Crippen LogP contribution >= 0.6 is 23.2 Å². The second kappa shape index (κ2) is 7.17. The number of fused-ring (bicyclic) bond motifs is 1. The number of methoxy groups -OCH3 is 1. The van der Waals surface area contributed by atoms with Crippen molar-refractivity contribution in [3.8, 4) is 5.75 Å². The van der Waals surface area contributed by atoms with Crippen molar-refractivity contribution in [2.75, 3.05) is 7.11 Å². The van der Waals surface area contributed by atoms with Crippen molar-refractivity contribution in [1.82, 2.24) is 0 Å². The molecule has 0 atom stereocenters. The molecule has 0 unspecified atom stereocenters. The van der Waals surface area contributed by atoms with Crippen molar-refractivity contribution >= 4 is 40.1 Å². The van der Waals surface area contributed by atoms with E-state index in [0.29, 0.717) is 27.3 Å². The summed E-state index contributed by atoms with van der Waals surface area (Å²) in [4.78, 5) is 23.9. The SMILES string of the molecule is COc1ccc2c(COC(=O)c3ccc(Cl)c(Cl)c3)cc(=O)oc2c1. The molecule has 0 saturated heterocycles. The third-order valence-electron chi connectivity index (χ3n) is 3.55. The first-order valence-corrected chi connectivity index (χ1v) is 7.96. The zero-order chi connectivity index (χ0) is 18.0. The lowest BCUT2D eigenvalue weighted by atomic mass is 10.1. The highest BCUT2D eigenvalue weighted by molar-refractivity contribution is 6.42. The highest BCUT2D eigenvalue weighted by Crippen LogP contribution is 2.25. The number of carbonyl (C=O) groups is 1. The molecule has 0 amide bonds. The zero-order valence-electron chi connectivity index (χ0n) is 13.0. The third-order valence-corrected chi connectivity index (χ3v) is 4.29. The maximum Gasteiger partial charge on any atom is 0.338 e. The molecule has 0 aliphatic rings. The van der Waals surface area contributed by atoms with E-state index < -0.39 is 11.6 Å². The lowest BCUT2D eigenvalue weighted by molar-refractivity contribution is 0.0474. The van der Waals surface area contributed by atoms with Crippen LogP contribution in [-0.4, -0.2) is 13.1 Å². The Morgan fingerprint density at radius 1 is 1.08 bits per heavy atom. The molecule has 7 heteroatoms. The van der Waals surface area contributed by atoms with Gasteiger partial charge in [0.05, 0.1) is 22.7 Å². The lowest BCUT2D eigenvalue weighted by Gasteiger charge is -2.08. The molecule has 0 aliphatic carbocycles. The first-order chi connectivity index (χ1) is 12.0. The molecule has 0 bridgehead atoms. The van der Waals surface area contributed by atoms with Crippen molar-refractivity contribution in [1.29, 1.82) is 0 Å². The molecule has 0 fully saturated rings. The van der Waals surface area contributed by atoms with Crippen LogP contribution in [0.3, 0.4) is 0 Å². The third kappa shape index (κ3) is 3.78. The smallest absolute Gasteiger partial charge is 0.338 e.